The predicted molar refractivity (Wildman–Crippen MR) is 75.9 cm³/mol. The van der Waals surface area contributed by atoms with Gasteiger partial charge >= 0.3 is 0 Å². The van der Waals surface area contributed by atoms with Gasteiger partial charge in [-0.15, -0.1) is 0 Å². The van der Waals surface area contributed by atoms with Crippen LogP contribution in [0.5, 0.6) is 5.75 Å². The van der Waals surface area contributed by atoms with Crippen molar-refractivity contribution in [3.05, 3.63) is 28.8 Å². The molecule has 2 N–H and O–H groups in total. The molecule has 0 aliphatic carbocycles. The number of ether oxygens (including phenoxy) is 1. The van der Waals surface area contributed by atoms with Crippen molar-refractivity contribution in [1.82, 2.24) is 5.32 Å². The van der Waals surface area contributed by atoms with E-state index in [1.54, 1.807) is 18.2 Å². The summed E-state index contributed by atoms with van der Waals surface area (Å²) in [5.74, 6) is 0.151. The summed E-state index contributed by atoms with van der Waals surface area (Å²) < 4.78 is 5.12. The summed E-state index contributed by atoms with van der Waals surface area (Å²) in [4.78, 5) is 12.1. The largest absolute Gasteiger partial charge is 0.496 e. The van der Waals surface area contributed by atoms with Gasteiger partial charge in [0.25, 0.3) is 5.91 Å². The average Bonchev–Trinajstić information content (AvgIpc) is 2.44. The summed E-state index contributed by atoms with van der Waals surface area (Å²) in [5, 5.41) is 13.3. The van der Waals surface area contributed by atoms with Gasteiger partial charge in [-0.2, -0.15) is 0 Å². The molecular weight excluding hydrogens is 266 g/mol. The van der Waals surface area contributed by atoms with Crippen LogP contribution in [0.25, 0.3) is 0 Å². The Bertz CT molecular complexity index is 444. The average molecular weight is 286 g/mol. The summed E-state index contributed by atoms with van der Waals surface area (Å²) >= 11 is 5.88. The lowest BCUT2D eigenvalue weighted by Crippen LogP contribution is -2.42. The molecule has 4 nitrogen and oxygen atoms in total. The van der Waals surface area contributed by atoms with E-state index >= 15 is 0 Å². The fraction of sp³-hybridized carbons (Fsp3) is 0.500. The van der Waals surface area contributed by atoms with E-state index in [0.29, 0.717) is 29.2 Å². The molecule has 0 radical (unpaired) electrons. The molecule has 19 heavy (non-hydrogen) atoms. The monoisotopic (exact) mass is 285 g/mol. The molecule has 1 amide bonds. The Morgan fingerprint density at radius 2 is 2.05 bits per heavy atom. The van der Waals surface area contributed by atoms with E-state index < -0.39 is 5.60 Å². The van der Waals surface area contributed by atoms with Crippen LogP contribution in [0, 0.1) is 0 Å². The second-order valence-electron chi connectivity index (χ2n) is 4.46. The van der Waals surface area contributed by atoms with E-state index in [4.69, 9.17) is 16.3 Å². The Balaban J connectivity index is 2.81. The maximum atomic E-state index is 12.1. The van der Waals surface area contributed by atoms with E-state index in [2.05, 4.69) is 5.32 Å². The van der Waals surface area contributed by atoms with Gasteiger partial charge in [0.15, 0.2) is 0 Å². The molecule has 1 aromatic carbocycles. The van der Waals surface area contributed by atoms with Crippen molar-refractivity contribution in [3.63, 3.8) is 0 Å². The van der Waals surface area contributed by atoms with E-state index in [-0.39, 0.29) is 12.5 Å². The molecule has 0 aromatic heterocycles. The first-order valence-corrected chi connectivity index (χ1v) is 6.67. The SMILES string of the molecule is CCC(O)(CC)CNC(=O)c1cc(Cl)ccc1OC. The number of benzene rings is 1. The highest BCUT2D eigenvalue weighted by Gasteiger charge is 2.23. The van der Waals surface area contributed by atoms with Crippen molar-refractivity contribution >= 4 is 17.5 Å². The number of rotatable bonds is 6. The Kier molecular flexibility index (Phi) is 5.63. The first kappa shape index (κ1) is 15.8. The fourth-order valence-corrected chi connectivity index (χ4v) is 1.87. The predicted octanol–water partition coefficient (Wildman–Crippen LogP) is 2.63. The molecule has 0 bridgehead atoms. The Morgan fingerprint density at radius 3 is 2.58 bits per heavy atom. The van der Waals surface area contributed by atoms with Crippen molar-refractivity contribution in [2.75, 3.05) is 13.7 Å². The van der Waals surface area contributed by atoms with Gasteiger partial charge in [-0.1, -0.05) is 25.4 Å². The quantitative estimate of drug-likeness (QED) is 0.845. The van der Waals surface area contributed by atoms with Crippen LogP contribution in [-0.4, -0.2) is 30.3 Å². The minimum Gasteiger partial charge on any atom is -0.496 e. The number of halogens is 1. The van der Waals surface area contributed by atoms with Crippen LogP contribution < -0.4 is 10.1 Å². The zero-order valence-corrected chi connectivity index (χ0v) is 12.3. The third kappa shape index (κ3) is 4.11. The number of methoxy groups -OCH3 is 1. The highest BCUT2D eigenvalue weighted by atomic mass is 35.5. The van der Waals surface area contributed by atoms with Crippen LogP contribution in [0.15, 0.2) is 18.2 Å². The zero-order chi connectivity index (χ0) is 14.5. The van der Waals surface area contributed by atoms with E-state index in [0.717, 1.165) is 0 Å². The molecule has 0 heterocycles. The summed E-state index contributed by atoms with van der Waals surface area (Å²) in [7, 11) is 1.49. The van der Waals surface area contributed by atoms with Crippen LogP contribution in [0.4, 0.5) is 0 Å². The minimum atomic E-state index is -0.874. The van der Waals surface area contributed by atoms with E-state index in [9.17, 15) is 9.90 Å². The van der Waals surface area contributed by atoms with Crippen molar-refractivity contribution in [2.24, 2.45) is 0 Å². The number of nitrogens with one attached hydrogen (secondary N) is 1. The number of aliphatic hydroxyl groups is 1. The molecule has 0 fully saturated rings. The molecule has 1 rings (SSSR count). The van der Waals surface area contributed by atoms with Crippen LogP contribution in [0.2, 0.25) is 5.02 Å². The third-order valence-electron chi connectivity index (χ3n) is 3.30. The number of hydrogen-bond acceptors (Lipinski definition) is 3. The molecule has 106 valence electrons. The van der Waals surface area contributed by atoms with Crippen LogP contribution in [0.3, 0.4) is 0 Å². The molecule has 1 aromatic rings. The third-order valence-corrected chi connectivity index (χ3v) is 3.54. The van der Waals surface area contributed by atoms with Gasteiger partial charge < -0.3 is 15.2 Å². The van der Waals surface area contributed by atoms with Crippen molar-refractivity contribution in [2.45, 2.75) is 32.3 Å². The molecule has 0 atom stereocenters. The van der Waals surface area contributed by atoms with Gasteiger partial charge in [-0.25, -0.2) is 0 Å². The zero-order valence-electron chi connectivity index (χ0n) is 11.5. The Morgan fingerprint density at radius 1 is 1.42 bits per heavy atom. The molecular formula is C14H20ClNO3. The van der Waals surface area contributed by atoms with Crippen molar-refractivity contribution in [1.29, 1.82) is 0 Å². The number of carbonyl (C=O) groups excluding carboxylic acids is 1. The first-order valence-electron chi connectivity index (χ1n) is 6.30. The number of amides is 1. The summed E-state index contributed by atoms with van der Waals surface area (Å²) in [5.41, 5.74) is -0.508. The van der Waals surface area contributed by atoms with Gasteiger partial charge in [0.05, 0.1) is 18.3 Å². The second-order valence-corrected chi connectivity index (χ2v) is 4.90. The molecule has 0 saturated carbocycles. The van der Waals surface area contributed by atoms with Crippen LogP contribution in [-0.2, 0) is 0 Å². The minimum absolute atomic E-state index is 0.203. The fourth-order valence-electron chi connectivity index (χ4n) is 1.70. The van der Waals surface area contributed by atoms with Crippen molar-refractivity contribution < 1.29 is 14.6 Å². The van der Waals surface area contributed by atoms with Gasteiger partial charge in [0.2, 0.25) is 0 Å². The maximum absolute atomic E-state index is 12.1. The Hall–Kier alpha value is -1.26. The number of carbonyl (C=O) groups is 1. The van der Waals surface area contributed by atoms with Gasteiger partial charge in [0, 0.05) is 11.6 Å². The lowest BCUT2D eigenvalue weighted by molar-refractivity contribution is 0.0313. The maximum Gasteiger partial charge on any atom is 0.255 e. The normalized spacial score (nSPS) is 11.2. The van der Waals surface area contributed by atoms with Gasteiger partial charge in [-0.3, -0.25) is 4.79 Å². The number of hydrogen-bond donors (Lipinski definition) is 2. The molecule has 0 unspecified atom stereocenters. The molecule has 5 heteroatoms. The summed E-state index contributed by atoms with van der Waals surface area (Å²) in [6.45, 7) is 3.97. The van der Waals surface area contributed by atoms with E-state index in [1.165, 1.54) is 7.11 Å². The molecule has 0 aliphatic rings. The molecule has 0 aliphatic heterocycles. The topological polar surface area (TPSA) is 58.6 Å². The standard InChI is InChI=1S/C14H20ClNO3/c1-4-14(18,5-2)9-16-13(17)11-8-10(15)6-7-12(11)19-3/h6-8,18H,4-5,9H2,1-3H3,(H,16,17). The van der Waals surface area contributed by atoms with Gasteiger partial charge in [-0.05, 0) is 31.0 Å². The lowest BCUT2D eigenvalue weighted by Gasteiger charge is -2.25. The first-order chi connectivity index (χ1) is 8.95. The lowest BCUT2D eigenvalue weighted by atomic mass is 9.97. The molecule has 0 spiro atoms. The Labute approximate surface area is 118 Å². The molecule has 0 saturated heterocycles. The van der Waals surface area contributed by atoms with Gasteiger partial charge in [0.1, 0.15) is 5.75 Å². The van der Waals surface area contributed by atoms with Crippen LogP contribution >= 0.6 is 11.6 Å². The van der Waals surface area contributed by atoms with E-state index in [1.807, 2.05) is 13.8 Å². The highest BCUT2D eigenvalue weighted by Crippen LogP contribution is 2.22. The smallest absolute Gasteiger partial charge is 0.255 e. The van der Waals surface area contributed by atoms with Crippen molar-refractivity contribution in [3.8, 4) is 5.75 Å². The van der Waals surface area contributed by atoms with Crippen LogP contribution in [0.1, 0.15) is 37.0 Å². The highest BCUT2D eigenvalue weighted by molar-refractivity contribution is 6.31. The second kappa shape index (κ2) is 6.78. The summed E-state index contributed by atoms with van der Waals surface area (Å²) in [6.07, 6.45) is 1.16. The summed E-state index contributed by atoms with van der Waals surface area (Å²) in [6, 6.07) is 4.85.